The summed E-state index contributed by atoms with van der Waals surface area (Å²) in [6.07, 6.45) is 0.218. The monoisotopic (exact) mass is 332 g/mol. The van der Waals surface area contributed by atoms with Gasteiger partial charge in [0.25, 0.3) is 0 Å². The predicted molar refractivity (Wildman–Crippen MR) is 91.0 cm³/mol. The molecule has 0 saturated carbocycles. The highest BCUT2D eigenvalue weighted by molar-refractivity contribution is 7.09. The van der Waals surface area contributed by atoms with Crippen LogP contribution in [0.15, 0.2) is 29.6 Å². The Morgan fingerprint density at radius 3 is 2.61 bits per heavy atom. The van der Waals surface area contributed by atoms with E-state index in [0.717, 1.165) is 10.7 Å². The maximum absolute atomic E-state index is 12.6. The first kappa shape index (κ1) is 17.1. The lowest BCUT2D eigenvalue weighted by Crippen LogP contribution is -2.33. The van der Waals surface area contributed by atoms with Crippen molar-refractivity contribution in [2.75, 3.05) is 18.1 Å². The average molecular weight is 332 g/mol. The van der Waals surface area contributed by atoms with Crippen LogP contribution in [-0.2, 0) is 16.0 Å². The van der Waals surface area contributed by atoms with Crippen LogP contribution in [0, 0.1) is 6.92 Å². The van der Waals surface area contributed by atoms with Crippen molar-refractivity contribution in [3.63, 3.8) is 0 Å². The summed E-state index contributed by atoms with van der Waals surface area (Å²) in [5, 5.41) is 2.82. The van der Waals surface area contributed by atoms with Gasteiger partial charge in [0.1, 0.15) is 0 Å². The summed E-state index contributed by atoms with van der Waals surface area (Å²) in [5.74, 6) is -0.506. The lowest BCUT2D eigenvalue weighted by molar-refractivity contribution is -0.118. The van der Waals surface area contributed by atoms with E-state index in [0.29, 0.717) is 24.4 Å². The van der Waals surface area contributed by atoms with Crippen molar-refractivity contribution in [3.05, 3.63) is 45.9 Å². The molecule has 6 heteroatoms. The molecule has 0 spiro atoms. The normalized spacial score (nSPS) is 10.4. The maximum Gasteiger partial charge on any atom is 0.340 e. The standard InChI is InChI=1S/C17H20N2O3S/c1-4-19(16(20)10-13-11-23-12(3)18-13)15-9-7-6-8-14(15)17(21)22-5-2/h6-9,11H,4-5,10H2,1-3H3. The lowest BCUT2D eigenvalue weighted by Gasteiger charge is -2.23. The van der Waals surface area contributed by atoms with E-state index in [1.165, 1.54) is 11.3 Å². The van der Waals surface area contributed by atoms with Crippen LogP contribution in [0.4, 0.5) is 5.69 Å². The SMILES string of the molecule is CCOC(=O)c1ccccc1N(CC)C(=O)Cc1csc(C)n1. The number of anilines is 1. The van der Waals surface area contributed by atoms with Crippen LogP contribution in [0.2, 0.25) is 0 Å². The number of benzene rings is 1. The predicted octanol–water partition coefficient (Wildman–Crippen LogP) is 3.22. The molecule has 0 aliphatic carbocycles. The number of aryl methyl sites for hydroxylation is 1. The van der Waals surface area contributed by atoms with Crippen molar-refractivity contribution in [1.82, 2.24) is 4.98 Å². The van der Waals surface area contributed by atoms with Gasteiger partial charge in [-0.3, -0.25) is 4.79 Å². The Hall–Kier alpha value is -2.21. The van der Waals surface area contributed by atoms with E-state index in [9.17, 15) is 9.59 Å². The van der Waals surface area contributed by atoms with E-state index in [-0.39, 0.29) is 12.3 Å². The summed E-state index contributed by atoms with van der Waals surface area (Å²) < 4.78 is 5.08. The second-order valence-electron chi connectivity index (χ2n) is 4.91. The second-order valence-corrected chi connectivity index (χ2v) is 5.97. The number of rotatable bonds is 6. The molecule has 1 aromatic carbocycles. The fourth-order valence-corrected chi connectivity index (χ4v) is 2.92. The van der Waals surface area contributed by atoms with Gasteiger partial charge in [-0.2, -0.15) is 0 Å². The Kier molecular flexibility index (Phi) is 5.87. The molecule has 122 valence electrons. The Morgan fingerprint density at radius 1 is 1.26 bits per heavy atom. The van der Waals surface area contributed by atoms with Crippen molar-refractivity contribution in [3.8, 4) is 0 Å². The fraction of sp³-hybridized carbons (Fsp3) is 0.353. The quantitative estimate of drug-likeness (QED) is 0.762. The van der Waals surface area contributed by atoms with Crippen LogP contribution >= 0.6 is 11.3 Å². The summed E-state index contributed by atoms with van der Waals surface area (Å²) in [6, 6.07) is 7.01. The topological polar surface area (TPSA) is 59.5 Å². The van der Waals surface area contributed by atoms with Gasteiger partial charge < -0.3 is 9.64 Å². The minimum absolute atomic E-state index is 0.0884. The van der Waals surface area contributed by atoms with Crippen molar-refractivity contribution >= 4 is 28.9 Å². The Labute approximate surface area is 139 Å². The maximum atomic E-state index is 12.6. The number of para-hydroxylation sites is 1. The summed E-state index contributed by atoms with van der Waals surface area (Å²) in [4.78, 5) is 30.6. The molecule has 1 aromatic heterocycles. The van der Waals surface area contributed by atoms with Gasteiger partial charge >= 0.3 is 5.97 Å². The molecule has 0 bridgehead atoms. The van der Waals surface area contributed by atoms with Crippen LogP contribution < -0.4 is 4.90 Å². The summed E-state index contributed by atoms with van der Waals surface area (Å²) in [5.41, 5.74) is 1.73. The van der Waals surface area contributed by atoms with Crippen molar-refractivity contribution in [2.24, 2.45) is 0 Å². The number of nitrogens with zero attached hydrogens (tertiary/aromatic N) is 2. The number of thiazole rings is 1. The minimum Gasteiger partial charge on any atom is -0.462 e. The van der Waals surface area contributed by atoms with Crippen molar-refractivity contribution in [1.29, 1.82) is 0 Å². The third-order valence-corrected chi connectivity index (χ3v) is 4.13. The lowest BCUT2D eigenvalue weighted by atomic mass is 10.1. The van der Waals surface area contributed by atoms with Crippen LogP contribution in [0.3, 0.4) is 0 Å². The van der Waals surface area contributed by atoms with Crippen molar-refractivity contribution in [2.45, 2.75) is 27.2 Å². The molecule has 2 rings (SSSR count). The molecule has 0 aliphatic heterocycles. The number of hydrogen-bond donors (Lipinski definition) is 0. The molecule has 2 aromatic rings. The molecule has 0 aliphatic rings. The van der Waals surface area contributed by atoms with Gasteiger partial charge in [-0.05, 0) is 32.9 Å². The molecule has 0 atom stereocenters. The first-order chi connectivity index (χ1) is 11.1. The van der Waals surface area contributed by atoms with E-state index in [1.54, 1.807) is 36.1 Å². The Bertz CT molecular complexity index is 697. The fourth-order valence-electron chi connectivity index (χ4n) is 2.31. The largest absolute Gasteiger partial charge is 0.462 e. The molecule has 23 heavy (non-hydrogen) atoms. The highest BCUT2D eigenvalue weighted by Gasteiger charge is 2.21. The van der Waals surface area contributed by atoms with E-state index in [4.69, 9.17) is 4.74 Å². The van der Waals surface area contributed by atoms with Gasteiger partial charge in [-0.1, -0.05) is 12.1 Å². The molecule has 1 amide bonds. The van der Waals surface area contributed by atoms with Gasteiger partial charge in [-0.25, -0.2) is 9.78 Å². The zero-order valence-electron chi connectivity index (χ0n) is 13.5. The number of aromatic nitrogens is 1. The molecular weight excluding hydrogens is 312 g/mol. The minimum atomic E-state index is -0.418. The summed E-state index contributed by atoms with van der Waals surface area (Å²) in [6.45, 7) is 6.32. The number of esters is 1. The highest BCUT2D eigenvalue weighted by Crippen LogP contribution is 2.22. The molecule has 0 radical (unpaired) electrons. The summed E-state index contributed by atoms with van der Waals surface area (Å²) in [7, 11) is 0. The molecule has 0 unspecified atom stereocenters. The van der Waals surface area contributed by atoms with E-state index in [1.807, 2.05) is 19.2 Å². The average Bonchev–Trinajstić information content (AvgIpc) is 2.93. The van der Waals surface area contributed by atoms with Crippen LogP contribution in [0.5, 0.6) is 0 Å². The smallest absolute Gasteiger partial charge is 0.340 e. The van der Waals surface area contributed by atoms with Gasteiger partial charge in [0.2, 0.25) is 5.91 Å². The zero-order chi connectivity index (χ0) is 16.8. The van der Waals surface area contributed by atoms with Crippen molar-refractivity contribution < 1.29 is 14.3 Å². The Morgan fingerprint density at radius 2 is 2.00 bits per heavy atom. The van der Waals surface area contributed by atoms with Crippen LogP contribution in [0.25, 0.3) is 0 Å². The second kappa shape index (κ2) is 7.87. The Balaban J connectivity index is 2.26. The van der Waals surface area contributed by atoms with E-state index < -0.39 is 5.97 Å². The molecule has 1 heterocycles. The number of likely N-dealkylation sites (N-methyl/N-ethyl adjacent to an activating group) is 1. The van der Waals surface area contributed by atoms with Crippen LogP contribution in [-0.4, -0.2) is 30.0 Å². The molecular formula is C17H20N2O3S. The third-order valence-electron chi connectivity index (χ3n) is 3.31. The molecule has 0 saturated heterocycles. The number of hydrogen-bond acceptors (Lipinski definition) is 5. The number of amides is 1. The first-order valence-electron chi connectivity index (χ1n) is 7.54. The molecule has 0 N–H and O–H groups in total. The van der Waals surface area contributed by atoms with Gasteiger partial charge in [0.15, 0.2) is 0 Å². The summed E-state index contributed by atoms with van der Waals surface area (Å²) >= 11 is 1.52. The number of ether oxygens (including phenoxy) is 1. The zero-order valence-corrected chi connectivity index (χ0v) is 14.4. The highest BCUT2D eigenvalue weighted by atomic mass is 32.1. The third kappa shape index (κ3) is 4.16. The van der Waals surface area contributed by atoms with E-state index >= 15 is 0 Å². The van der Waals surface area contributed by atoms with Crippen LogP contribution in [0.1, 0.15) is 34.9 Å². The van der Waals surface area contributed by atoms with Gasteiger partial charge in [0, 0.05) is 11.9 Å². The van der Waals surface area contributed by atoms with Gasteiger partial charge in [-0.15, -0.1) is 11.3 Å². The first-order valence-corrected chi connectivity index (χ1v) is 8.42. The van der Waals surface area contributed by atoms with E-state index in [2.05, 4.69) is 4.98 Å². The molecule has 5 nitrogen and oxygen atoms in total. The van der Waals surface area contributed by atoms with Gasteiger partial charge in [0.05, 0.1) is 35.0 Å². The number of carbonyl (C=O) groups is 2. The molecule has 0 fully saturated rings. The number of carbonyl (C=O) groups excluding carboxylic acids is 2.